The van der Waals surface area contributed by atoms with Gasteiger partial charge in [-0.15, -0.1) is 0 Å². The number of nitrogens with one attached hydrogen (secondary N) is 1. The maximum Gasteiger partial charge on any atom is 0.408 e. The third-order valence-electron chi connectivity index (χ3n) is 3.55. The van der Waals surface area contributed by atoms with Gasteiger partial charge in [0.15, 0.2) is 0 Å². The van der Waals surface area contributed by atoms with Crippen molar-refractivity contribution in [2.75, 3.05) is 6.61 Å². The molecule has 0 aliphatic heterocycles. The second-order valence-corrected chi connectivity index (χ2v) is 6.98. The Hall–Kier alpha value is -2.96. The van der Waals surface area contributed by atoms with Crippen molar-refractivity contribution in [2.24, 2.45) is 0 Å². The lowest BCUT2D eigenvalue weighted by atomic mass is 10.0. The predicted octanol–water partition coefficient (Wildman–Crippen LogP) is 3.14. The predicted molar refractivity (Wildman–Crippen MR) is 101 cm³/mol. The quantitative estimate of drug-likeness (QED) is 0.785. The minimum Gasteiger partial charge on any atom is -0.464 e. The first-order chi connectivity index (χ1) is 12.8. The molecule has 0 unspecified atom stereocenters. The third-order valence-corrected chi connectivity index (χ3v) is 3.55. The first-order valence-electron chi connectivity index (χ1n) is 8.79. The number of hydrogen-bond donors (Lipinski definition) is 1. The number of hydrogen-bond acceptors (Lipinski definition) is 6. The van der Waals surface area contributed by atoms with Crippen LogP contribution in [0, 0.1) is 0 Å². The summed E-state index contributed by atoms with van der Waals surface area (Å²) in [6.45, 7) is 7.24. The molecule has 1 amide bonds. The third kappa shape index (κ3) is 6.69. The van der Waals surface area contributed by atoms with Gasteiger partial charge in [-0.05, 0) is 38.8 Å². The maximum atomic E-state index is 12.2. The molecule has 1 aromatic heterocycles. The van der Waals surface area contributed by atoms with E-state index >= 15 is 0 Å². The molecule has 7 heteroatoms. The summed E-state index contributed by atoms with van der Waals surface area (Å²) in [5, 5.41) is 2.60. The summed E-state index contributed by atoms with van der Waals surface area (Å²) < 4.78 is 10.3. The zero-order valence-corrected chi connectivity index (χ0v) is 16.1. The van der Waals surface area contributed by atoms with Gasteiger partial charge in [0, 0.05) is 24.4 Å². The normalized spacial score (nSPS) is 12.1. The SMILES string of the molecule is CCOC(=O)[C@H](Cc1ccc(-c2cncnc2)cc1)NC(=O)OC(C)(C)C. The number of ether oxygens (including phenoxy) is 2. The van der Waals surface area contributed by atoms with Crippen LogP contribution in [-0.2, 0) is 20.7 Å². The Balaban J connectivity index is 2.10. The molecule has 0 saturated heterocycles. The van der Waals surface area contributed by atoms with E-state index in [4.69, 9.17) is 9.47 Å². The zero-order chi connectivity index (χ0) is 19.9. The van der Waals surface area contributed by atoms with Gasteiger partial charge in [0.2, 0.25) is 0 Å². The van der Waals surface area contributed by atoms with Gasteiger partial charge >= 0.3 is 12.1 Å². The van der Waals surface area contributed by atoms with Gasteiger partial charge in [-0.3, -0.25) is 0 Å². The summed E-state index contributed by atoms with van der Waals surface area (Å²) in [6, 6.07) is 6.80. The maximum absolute atomic E-state index is 12.2. The number of amides is 1. The van der Waals surface area contributed by atoms with Crippen molar-refractivity contribution in [1.82, 2.24) is 15.3 Å². The molecule has 1 heterocycles. The van der Waals surface area contributed by atoms with Gasteiger partial charge in [-0.1, -0.05) is 24.3 Å². The fraction of sp³-hybridized carbons (Fsp3) is 0.400. The van der Waals surface area contributed by atoms with Crippen LogP contribution in [0.4, 0.5) is 4.79 Å². The van der Waals surface area contributed by atoms with Crippen LogP contribution in [-0.4, -0.2) is 40.3 Å². The Morgan fingerprint density at radius 3 is 2.26 bits per heavy atom. The highest BCUT2D eigenvalue weighted by Gasteiger charge is 2.25. The number of rotatable bonds is 6. The fourth-order valence-electron chi connectivity index (χ4n) is 2.40. The number of nitrogens with zero attached hydrogens (tertiary/aromatic N) is 2. The van der Waals surface area contributed by atoms with E-state index in [-0.39, 0.29) is 6.61 Å². The number of esters is 1. The minimum absolute atomic E-state index is 0.234. The number of aromatic nitrogens is 2. The molecule has 0 spiro atoms. The fourth-order valence-corrected chi connectivity index (χ4v) is 2.40. The number of carbonyl (C=O) groups excluding carboxylic acids is 2. The van der Waals surface area contributed by atoms with Crippen molar-refractivity contribution in [3.05, 3.63) is 48.5 Å². The molecule has 0 aliphatic carbocycles. The zero-order valence-electron chi connectivity index (χ0n) is 16.1. The Kier molecular flexibility index (Phi) is 6.87. The van der Waals surface area contributed by atoms with Gasteiger partial charge in [-0.25, -0.2) is 19.6 Å². The Morgan fingerprint density at radius 2 is 1.70 bits per heavy atom. The summed E-state index contributed by atoms with van der Waals surface area (Å²) in [4.78, 5) is 32.3. The van der Waals surface area contributed by atoms with E-state index in [1.165, 1.54) is 6.33 Å². The Labute approximate surface area is 159 Å². The van der Waals surface area contributed by atoms with Crippen molar-refractivity contribution >= 4 is 12.1 Å². The molecule has 2 rings (SSSR count). The molecule has 0 radical (unpaired) electrons. The molecule has 1 aromatic carbocycles. The molecule has 0 aliphatic rings. The molecule has 0 bridgehead atoms. The lowest BCUT2D eigenvalue weighted by molar-refractivity contribution is -0.145. The van der Waals surface area contributed by atoms with Crippen LogP contribution >= 0.6 is 0 Å². The van der Waals surface area contributed by atoms with Crippen LogP contribution < -0.4 is 5.32 Å². The first kappa shape index (κ1) is 20.4. The topological polar surface area (TPSA) is 90.4 Å². The van der Waals surface area contributed by atoms with Crippen molar-refractivity contribution in [3.8, 4) is 11.1 Å². The van der Waals surface area contributed by atoms with E-state index < -0.39 is 23.7 Å². The lowest BCUT2D eigenvalue weighted by Crippen LogP contribution is -2.45. The lowest BCUT2D eigenvalue weighted by Gasteiger charge is -2.23. The van der Waals surface area contributed by atoms with Gasteiger partial charge in [-0.2, -0.15) is 0 Å². The van der Waals surface area contributed by atoms with Gasteiger partial charge in [0.25, 0.3) is 0 Å². The standard InChI is InChI=1S/C20H25N3O4/c1-5-26-18(24)17(23-19(25)27-20(2,3)4)10-14-6-8-15(9-7-14)16-11-21-13-22-12-16/h6-9,11-13,17H,5,10H2,1-4H3,(H,23,25)/t17-/m0/s1. The van der Waals surface area contributed by atoms with Crippen LogP contribution in [0.1, 0.15) is 33.3 Å². The average molecular weight is 371 g/mol. The highest BCUT2D eigenvalue weighted by Crippen LogP contribution is 2.18. The molecule has 0 fully saturated rings. The van der Waals surface area contributed by atoms with Crippen molar-refractivity contribution in [2.45, 2.75) is 45.8 Å². The van der Waals surface area contributed by atoms with Gasteiger partial charge in [0.1, 0.15) is 18.0 Å². The van der Waals surface area contributed by atoms with E-state index in [1.807, 2.05) is 24.3 Å². The molecular formula is C20H25N3O4. The van der Waals surface area contributed by atoms with Crippen LogP contribution in [0.2, 0.25) is 0 Å². The smallest absolute Gasteiger partial charge is 0.408 e. The summed E-state index contributed by atoms with van der Waals surface area (Å²) >= 11 is 0. The molecule has 1 N–H and O–H groups in total. The van der Waals surface area contributed by atoms with Crippen LogP contribution in [0.5, 0.6) is 0 Å². The number of benzene rings is 1. The second kappa shape index (κ2) is 9.12. The molecule has 1 atom stereocenters. The van der Waals surface area contributed by atoms with E-state index in [1.54, 1.807) is 40.1 Å². The number of carbonyl (C=O) groups is 2. The van der Waals surface area contributed by atoms with E-state index in [9.17, 15) is 9.59 Å². The largest absolute Gasteiger partial charge is 0.464 e. The van der Waals surface area contributed by atoms with Crippen LogP contribution in [0.25, 0.3) is 11.1 Å². The van der Waals surface area contributed by atoms with E-state index in [0.717, 1.165) is 16.7 Å². The van der Waals surface area contributed by atoms with Crippen LogP contribution in [0.15, 0.2) is 43.0 Å². The molecule has 7 nitrogen and oxygen atoms in total. The Morgan fingerprint density at radius 1 is 1.07 bits per heavy atom. The average Bonchev–Trinajstić information content (AvgIpc) is 2.61. The molecule has 0 saturated carbocycles. The van der Waals surface area contributed by atoms with Gasteiger partial charge in [0.05, 0.1) is 6.61 Å². The highest BCUT2D eigenvalue weighted by atomic mass is 16.6. The van der Waals surface area contributed by atoms with Crippen molar-refractivity contribution in [1.29, 1.82) is 0 Å². The summed E-state index contributed by atoms with van der Waals surface area (Å²) in [6.07, 6.45) is 4.58. The highest BCUT2D eigenvalue weighted by molar-refractivity contribution is 5.81. The van der Waals surface area contributed by atoms with E-state index in [0.29, 0.717) is 6.42 Å². The summed E-state index contributed by atoms with van der Waals surface area (Å²) in [7, 11) is 0. The van der Waals surface area contributed by atoms with Crippen molar-refractivity contribution in [3.63, 3.8) is 0 Å². The number of alkyl carbamates (subject to hydrolysis) is 1. The summed E-state index contributed by atoms with van der Waals surface area (Å²) in [5.41, 5.74) is 2.10. The summed E-state index contributed by atoms with van der Waals surface area (Å²) in [5.74, 6) is -0.496. The van der Waals surface area contributed by atoms with Gasteiger partial charge < -0.3 is 14.8 Å². The van der Waals surface area contributed by atoms with Crippen molar-refractivity contribution < 1.29 is 19.1 Å². The second-order valence-electron chi connectivity index (χ2n) is 6.98. The van der Waals surface area contributed by atoms with E-state index in [2.05, 4.69) is 15.3 Å². The first-order valence-corrected chi connectivity index (χ1v) is 8.79. The molecule has 27 heavy (non-hydrogen) atoms. The Bertz CT molecular complexity index is 755. The monoisotopic (exact) mass is 371 g/mol. The van der Waals surface area contributed by atoms with Crippen LogP contribution in [0.3, 0.4) is 0 Å². The minimum atomic E-state index is -0.828. The molecular weight excluding hydrogens is 346 g/mol. The molecule has 144 valence electrons. The molecule has 2 aromatic rings.